The minimum atomic E-state index is 0.510. The molecule has 2 heterocycles. The Morgan fingerprint density at radius 2 is 1.65 bits per heavy atom. The molecule has 2 saturated heterocycles. The van der Waals surface area contributed by atoms with Gasteiger partial charge in [0, 0.05) is 25.2 Å². The summed E-state index contributed by atoms with van der Waals surface area (Å²) in [5.74, 6) is 0.995. The fourth-order valence-electron chi connectivity index (χ4n) is 5.43. The average molecular weight is 313 g/mol. The van der Waals surface area contributed by atoms with E-state index in [-0.39, 0.29) is 0 Å². The highest BCUT2D eigenvalue weighted by Crippen LogP contribution is 2.39. The maximum absolute atomic E-state index is 2.92. The number of hydrogen-bond donors (Lipinski definition) is 0. The minimum Gasteiger partial charge on any atom is -0.297 e. The summed E-state index contributed by atoms with van der Waals surface area (Å²) in [6.07, 6.45) is 11.6. The van der Waals surface area contributed by atoms with Gasteiger partial charge < -0.3 is 0 Å². The van der Waals surface area contributed by atoms with Crippen LogP contribution >= 0.6 is 0 Å². The van der Waals surface area contributed by atoms with Crippen molar-refractivity contribution in [1.82, 2.24) is 9.80 Å². The molecular formula is C21H32N2. The van der Waals surface area contributed by atoms with Crippen LogP contribution in [0.15, 0.2) is 30.3 Å². The molecule has 23 heavy (non-hydrogen) atoms. The molecule has 1 aliphatic carbocycles. The van der Waals surface area contributed by atoms with Crippen LogP contribution in [0.3, 0.4) is 0 Å². The van der Waals surface area contributed by atoms with E-state index in [2.05, 4.69) is 40.1 Å². The van der Waals surface area contributed by atoms with E-state index in [4.69, 9.17) is 0 Å². The highest BCUT2D eigenvalue weighted by Gasteiger charge is 2.44. The zero-order valence-corrected chi connectivity index (χ0v) is 14.6. The van der Waals surface area contributed by atoms with Crippen molar-refractivity contribution in [2.24, 2.45) is 5.92 Å². The summed E-state index contributed by atoms with van der Waals surface area (Å²) < 4.78 is 0. The Balaban J connectivity index is 1.42. The number of benzene rings is 1. The first-order valence-corrected chi connectivity index (χ1v) is 9.85. The Morgan fingerprint density at radius 1 is 0.913 bits per heavy atom. The highest BCUT2D eigenvalue weighted by atomic mass is 15.3. The third kappa shape index (κ3) is 3.49. The number of rotatable bonds is 4. The molecular weight excluding hydrogens is 280 g/mol. The van der Waals surface area contributed by atoms with Crippen molar-refractivity contribution < 1.29 is 0 Å². The van der Waals surface area contributed by atoms with Gasteiger partial charge in [-0.1, -0.05) is 43.2 Å². The lowest BCUT2D eigenvalue weighted by atomic mass is 9.85. The molecule has 2 aliphatic heterocycles. The Kier molecular flexibility index (Phi) is 4.73. The van der Waals surface area contributed by atoms with Gasteiger partial charge in [-0.3, -0.25) is 9.80 Å². The van der Waals surface area contributed by atoms with Gasteiger partial charge >= 0.3 is 0 Å². The van der Waals surface area contributed by atoms with Crippen molar-refractivity contribution in [3.05, 3.63) is 35.9 Å². The second-order valence-electron chi connectivity index (χ2n) is 8.22. The Morgan fingerprint density at radius 3 is 2.43 bits per heavy atom. The van der Waals surface area contributed by atoms with Gasteiger partial charge in [0.05, 0.1) is 0 Å². The molecule has 0 bridgehead atoms. The first kappa shape index (κ1) is 15.7. The molecule has 3 aliphatic rings. The molecule has 1 unspecified atom stereocenters. The molecule has 0 aromatic heterocycles. The molecule has 0 amide bonds. The molecule has 1 spiro atoms. The van der Waals surface area contributed by atoms with E-state index in [1.165, 1.54) is 83.1 Å². The maximum Gasteiger partial charge on any atom is 0.0337 e. The summed E-state index contributed by atoms with van der Waals surface area (Å²) in [7, 11) is 0. The second-order valence-corrected chi connectivity index (χ2v) is 8.22. The van der Waals surface area contributed by atoms with Crippen molar-refractivity contribution in [3.8, 4) is 0 Å². The van der Waals surface area contributed by atoms with Gasteiger partial charge in [-0.25, -0.2) is 0 Å². The summed E-state index contributed by atoms with van der Waals surface area (Å²) in [5, 5.41) is 0. The monoisotopic (exact) mass is 312 g/mol. The molecule has 0 radical (unpaired) electrons. The molecule has 2 nitrogen and oxygen atoms in total. The van der Waals surface area contributed by atoms with Crippen LogP contribution in [0.5, 0.6) is 0 Å². The van der Waals surface area contributed by atoms with E-state index in [9.17, 15) is 0 Å². The van der Waals surface area contributed by atoms with Crippen LogP contribution in [-0.4, -0.2) is 41.5 Å². The van der Waals surface area contributed by atoms with Gasteiger partial charge in [0.25, 0.3) is 0 Å². The van der Waals surface area contributed by atoms with Crippen LogP contribution in [0.4, 0.5) is 0 Å². The van der Waals surface area contributed by atoms with Crippen LogP contribution in [0.25, 0.3) is 0 Å². The Labute approximate surface area is 141 Å². The van der Waals surface area contributed by atoms with E-state index < -0.39 is 0 Å². The zero-order chi connectivity index (χ0) is 15.5. The third-order valence-electron chi connectivity index (χ3n) is 6.58. The van der Waals surface area contributed by atoms with Gasteiger partial charge in [-0.2, -0.15) is 0 Å². The van der Waals surface area contributed by atoms with Gasteiger partial charge in [-0.15, -0.1) is 0 Å². The quantitative estimate of drug-likeness (QED) is 0.817. The lowest BCUT2D eigenvalue weighted by Crippen LogP contribution is -2.56. The van der Waals surface area contributed by atoms with Crippen LogP contribution in [-0.2, 0) is 6.54 Å². The van der Waals surface area contributed by atoms with E-state index in [1.807, 2.05) is 0 Å². The second kappa shape index (κ2) is 6.94. The molecule has 4 rings (SSSR count). The summed E-state index contributed by atoms with van der Waals surface area (Å²) in [6.45, 7) is 6.47. The van der Waals surface area contributed by atoms with Crippen molar-refractivity contribution in [2.45, 2.75) is 63.5 Å². The fourth-order valence-corrected chi connectivity index (χ4v) is 5.43. The van der Waals surface area contributed by atoms with Gasteiger partial charge in [0.1, 0.15) is 0 Å². The number of nitrogens with zero attached hydrogens (tertiary/aromatic N) is 2. The van der Waals surface area contributed by atoms with E-state index in [1.54, 1.807) is 0 Å². The van der Waals surface area contributed by atoms with Gasteiger partial charge in [0.15, 0.2) is 0 Å². The number of likely N-dealkylation sites (tertiary alicyclic amines) is 2. The summed E-state index contributed by atoms with van der Waals surface area (Å²) in [5.41, 5.74) is 1.99. The largest absolute Gasteiger partial charge is 0.297 e. The van der Waals surface area contributed by atoms with E-state index in [0.29, 0.717) is 5.54 Å². The van der Waals surface area contributed by atoms with Crippen molar-refractivity contribution in [3.63, 3.8) is 0 Å². The van der Waals surface area contributed by atoms with Gasteiger partial charge in [0.2, 0.25) is 0 Å². The lowest BCUT2D eigenvalue weighted by Gasteiger charge is -2.47. The summed E-state index contributed by atoms with van der Waals surface area (Å²) >= 11 is 0. The molecule has 2 heteroatoms. The van der Waals surface area contributed by atoms with Gasteiger partial charge in [-0.05, 0) is 63.1 Å². The maximum atomic E-state index is 2.92. The lowest BCUT2D eigenvalue weighted by molar-refractivity contribution is 0.0289. The normalized spacial score (nSPS) is 30.4. The Hall–Kier alpha value is -0.860. The van der Waals surface area contributed by atoms with Crippen molar-refractivity contribution >= 4 is 0 Å². The Bertz CT molecular complexity index is 494. The topological polar surface area (TPSA) is 6.48 Å². The van der Waals surface area contributed by atoms with E-state index >= 15 is 0 Å². The smallest absolute Gasteiger partial charge is 0.0337 e. The average Bonchev–Trinajstić information content (AvgIpc) is 3.20. The van der Waals surface area contributed by atoms with E-state index in [0.717, 1.165) is 12.5 Å². The first-order valence-electron chi connectivity index (χ1n) is 9.85. The molecule has 1 aromatic carbocycles. The van der Waals surface area contributed by atoms with Crippen LogP contribution in [0.2, 0.25) is 0 Å². The minimum absolute atomic E-state index is 0.510. The van der Waals surface area contributed by atoms with Crippen LogP contribution in [0.1, 0.15) is 56.9 Å². The molecule has 1 aromatic rings. The van der Waals surface area contributed by atoms with Crippen molar-refractivity contribution in [1.29, 1.82) is 0 Å². The zero-order valence-electron chi connectivity index (χ0n) is 14.6. The van der Waals surface area contributed by atoms with Crippen molar-refractivity contribution in [2.75, 3.05) is 26.2 Å². The summed E-state index contributed by atoms with van der Waals surface area (Å²) in [6, 6.07) is 11.0. The number of piperidine rings is 1. The fraction of sp³-hybridized carbons (Fsp3) is 0.714. The SMILES string of the molecule is c1ccc(CN2CCCC3(CCCN3CC3CCCC3)C2)cc1. The molecule has 1 saturated carbocycles. The standard InChI is InChI=1S/C21H32N2/c1-2-8-19(9-3-1)16-22-14-6-12-21(18-22)13-7-15-23(21)17-20-10-4-5-11-20/h1-3,8-9,20H,4-7,10-18H2. The molecule has 0 N–H and O–H groups in total. The molecule has 126 valence electrons. The van der Waals surface area contributed by atoms with Crippen LogP contribution < -0.4 is 0 Å². The third-order valence-corrected chi connectivity index (χ3v) is 6.58. The van der Waals surface area contributed by atoms with Crippen LogP contribution in [0, 0.1) is 5.92 Å². The number of hydrogen-bond acceptors (Lipinski definition) is 2. The predicted octanol–water partition coefficient (Wildman–Crippen LogP) is 4.31. The highest BCUT2D eigenvalue weighted by molar-refractivity contribution is 5.15. The predicted molar refractivity (Wildman–Crippen MR) is 96.4 cm³/mol. The summed E-state index contributed by atoms with van der Waals surface area (Å²) in [4.78, 5) is 5.64. The molecule has 3 fully saturated rings. The molecule has 1 atom stereocenters. The first-order chi connectivity index (χ1) is 11.3.